The van der Waals surface area contributed by atoms with Crippen LogP contribution in [-0.4, -0.2) is 29.1 Å². The van der Waals surface area contributed by atoms with E-state index in [0.29, 0.717) is 0 Å². The average molecular weight is 345 g/mol. The molecule has 110 valence electrons. The third-order valence-corrected chi connectivity index (χ3v) is 2.48. The van der Waals surface area contributed by atoms with Gasteiger partial charge in [-0.1, -0.05) is 0 Å². The first kappa shape index (κ1) is 16.4. The minimum absolute atomic E-state index is 0.275. The Kier molecular flexibility index (Phi) is 5.46. The third kappa shape index (κ3) is 5.54. The molecular weight excluding hydrogens is 328 g/mol. The Balaban J connectivity index is 2.50. The standard InChI is InChI=1S/C12H17BrN4O3/c1-12(2,3)20-11(19)16-7-10(18)17(14)9-5-4-8(13)6-15-9/h4-6H,7,14H2,1-3H3,(H,16,19). The maximum absolute atomic E-state index is 11.8. The average Bonchev–Trinajstić information content (AvgIpc) is 2.34. The fraction of sp³-hybridized carbons (Fsp3) is 0.417. The highest BCUT2D eigenvalue weighted by atomic mass is 79.9. The zero-order valence-electron chi connectivity index (χ0n) is 11.5. The van der Waals surface area contributed by atoms with Crippen molar-refractivity contribution in [3.63, 3.8) is 0 Å². The Morgan fingerprint density at radius 3 is 2.60 bits per heavy atom. The van der Waals surface area contributed by atoms with Crippen LogP contribution in [0.15, 0.2) is 22.8 Å². The number of nitrogens with two attached hydrogens (primary N) is 1. The van der Waals surface area contributed by atoms with Gasteiger partial charge in [0.05, 0.1) is 0 Å². The van der Waals surface area contributed by atoms with Gasteiger partial charge in [0.25, 0.3) is 5.91 Å². The van der Waals surface area contributed by atoms with Crippen LogP contribution in [0.2, 0.25) is 0 Å². The first-order chi connectivity index (χ1) is 9.19. The number of hydrogen-bond donors (Lipinski definition) is 2. The zero-order valence-corrected chi connectivity index (χ0v) is 13.1. The lowest BCUT2D eigenvalue weighted by atomic mass is 10.2. The summed E-state index contributed by atoms with van der Waals surface area (Å²) >= 11 is 3.23. The number of aromatic nitrogens is 1. The summed E-state index contributed by atoms with van der Waals surface area (Å²) in [5, 5.41) is 3.20. The topological polar surface area (TPSA) is 97.5 Å². The van der Waals surface area contributed by atoms with Crippen molar-refractivity contribution in [2.24, 2.45) is 5.84 Å². The summed E-state index contributed by atoms with van der Waals surface area (Å²) in [6, 6.07) is 3.28. The quantitative estimate of drug-likeness (QED) is 0.492. The van der Waals surface area contributed by atoms with E-state index in [-0.39, 0.29) is 12.4 Å². The number of halogens is 1. The van der Waals surface area contributed by atoms with Crippen LogP contribution >= 0.6 is 15.9 Å². The van der Waals surface area contributed by atoms with Gasteiger partial charge in [-0.15, -0.1) is 0 Å². The molecule has 1 rings (SSSR count). The largest absolute Gasteiger partial charge is 0.444 e. The Morgan fingerprint density at radius 1 is 1.45 bits per heavy atom. The number of hydrazine groups is 1. The number of ether oxygens (including phenoxy) is 1. The molecule has 3 N–H and O–H groups in total. The summed E-state index contributed by atoms with van der Waals surface area (Å²) in [7, 11) is 0. The van der Waals surface area contributed by atoms with Gasteiger partial charge in [0, 0.05) is 10.7 Å². The number of hydrogen-bond acceptors (Lipinski definition) is 5. The predicted molar refractivity (Wildman–Crippen MR) is 77.8 cm³/mol. The Bertz CT molecular complexity index is 484. The van der Waals surface area contributed by atoms with E-state index < -0.39 is 17.6 Å². The number of carbonyl (C=O) groups excluding carboxylic acids is 2. The number of alkyl carbamates (subject to hydrolysis) is 1. The third-order valence-electron chi connectivity index (χ3n) is 2.01. The van der Waals surface area contributed by atoms with E-state index in [1.54, 1.807) is 32.9 Å². The fourth-order valence-corrected chi connectivity index (χ4v) is 1.42. The smallest absolute Gasteiger partial charge is 0.408 e. The van der Waals surface area contributed by atoms with Crippen LogP contribution in [0.4, 0.5) is 10.6 Å². The van der Waals surface area contributed by atoms with Crippen molar-refractivity contribution >= 4 is 33.7 Å². The molecule has 0 saturated heterocycles. The number of pyridine rings is 1. The van der Waals surface area contributed by atoms with Crippen LogP contribution in [0.5, 0.6) is 0 Å². The molecular formula is C12H17BrN4O3. The van der Waals surface area contributed by atoms with E-state index in [2.05, 4.69) is 26.2 Å². The molecule has 0 radical (unpaired) electrons. The highest BCUT2D eigenvalue weighted by molar-refractivity contribution is 9.10. The van der Waals surface area contributed by atoms with Crippen molar-refractivity contribution in [3.05, 3.63) is 22.8 Å². The van der Waals surface area contributed by atoms with Crippen molar-refractivity contribution in [3.8, 4) is 0 Å². The predicted octanol–water partition coefficient (Wildman–Crippen LogP) is 1.58. The molecule has 2 amide bonds. The van der Waals surface area contributed by atoms with E-state index in [0.717, 1.165) is 9.48 Å². The molecule has 0 bridgehead atoms. The van der Waals surface area contributed by atoms with Crippen molar-refractivity contribution in [1.82, 2.24) is 10.3 Å². The van der Waals surface area contributed by atoms with Crippen LogP contribution in [0.3, 0.4) is 0 Å². The van der Waals surface area contributed by atoms with Gasteiger partial charge in [-0.05, 0) is 48.8 Å². The van der Waals surface area contributed by atoms with Crippen molar-refractivity contribution in [1.29, 1.82) is 0 Å². The first-order valence-corrected chi connectivity index (χ1v) is 6.64. The van der Waals surface area contributed by atoms with Gasteiger partial charge >= 0.3 is 6.09 Å². The fourth-order valence-electron chi connectivity index (χ4n) is 1.19. The Hall–Kier alpha value is -1.67. The zero-order chi connectivity index (χ0) is 15.3. The molecule has 0 saturated carbocycles. The molecule has 1 aromatic rings. The van der Waals surface area contributed by atoms with Crippen molar-refractivity contribution in [2.45, 2.75) is 26.4 Å². The van der Waals surface area contributed by atoms with Gasteiger partial charge in [-0.3, -0.25) is 4.79 Å². The van der Waals surface area contributed by atoms with E-state index in [1.165, 1.54) is 6.20 Å². The van der Waals surface area contributed by atoms with Crippen LogP contribution in [0, 0.1) is 0 Å². The number of nitrogens with one attached hydrogen (secondary N) is 1. The van der Waals surface area contributed by atoms with Gasteiger partial charge in [-0.2, -0.15) is 0 Å². The lowest BCUT2D eigenvalue weighted by Gasteiger charge is -2.20. The molecule has 20 heavy (non-hydrogen) atoms. The van der Waals surface area contributed by atoms with E-state index in [1.807, 2.05) is 0 Å². The molecule has 8 heteroatoms. The second kappa shape index (κ2) is 6.67. The maximum atomic E-state index is 11.8. The summed E-state index contributed by atoms with van der Waals surface area (Å²) in [5.74, 6) is 5.39. The van der Waals surface area contributed by atoms with Gasteiger partial charge in [-0.25, -0.2) is 20.6 Å². The summed E-state index contributed by atoms with van der Waals surface area (Å²) in [4.78, 5) is 27.2. The van der Waals surface area contributed by atoms with Crippen LogP contribution in [0.1, 0.15) is 20.8 Å². The van der Waals surface area contributed by atoms with E-state index in [4.69, 9.17) is 10.6 Å². The highest BCUT2D eigenvalue weighted by Crippen LogP contribution is 2.12. The summed E-state index contributed by atoms with van der Waals surface area (Å²) in [6.07, 6.45) is 0.840. The van der Waals surface area contributed by atoms with Crippen molar-refractivity contribution < 1.29 is 14.3 Å². The maximum Gasteiger partial charge on any atom is 0.408 e. The number of nitrogens with zero attached hydrogens (tertiary/aromatic N) is 2. The molecule has 0 fully saturated rings. The number of anilines is 1. The van der Waals surface area contributed by atoms with Crippen LogP contribution in [0.25, 0.3) is 0 Å². The van der Waals surface area contributed by atoms with Gasteiger partial charge < -0.3 is 10.1 Å². The van der Waals surface area contributed by atoms with E-state index in [9.17, 15) is 9.59 Å². The van der Waals surface area contributed by atoms with Crippen LogP contribution in [-0.2, 0) is 9.53 Å². The molecule has 1 aromatic heterocycles. The van der Waals surface area contributed by atoms with Crippen LogP contribution < -0.4 is 16.2 Å². The molecule has 0 aliphatic rings. The van der Waals surface area contributed by atoms with Gasteiger partial charge in [0.1, 0.15) is 18.0 Å². The monoisotopic (exact) mass is 344 g/mol. The highest BCUT2D eigenvalue weighted by Gasteiger charge is 2.18. The molecule has 0 unspecified atom stereocenters. The number of amides is 2. The SMILES string of the molecule is CC(C)(C)OC(=O)NCC(=O)N(N)c1ccc(Br)cn1. The minimum Gasteiger partial charge on any atom is -0.444 e. The number of carbonyl (C=O) groups is 2. The lowest BCUT2D eigenvalue weighted by Crippen LogP contribution is -2.45. The Morgan fingerprint density at radius 2 is 2.10 bits per heavy atom. The molecule has 0 atom stereocenters. The Labute approximate surface area is 125 Å². The number of rotatable bonds is 3. The van der Waals surface area contributed by atoms with Crippen molar-refractivity contribution in [2.75, 3.05) is 11.6 Å². The summed E-state index contributed by atoms with van der Waals surface area (Å²) in [5.41, 5.74) is -0.622. The first-order valence-electron chi connectivity index (χ1n) is 5.85. The second-order valence-electron chi connectivity index (χ2n) is 4.95. The molecule has 7 nitrogen and oxygen atoms in total. The molecule has 0 spiro atoms. The molecule has 1 heterocycles. The van der Waals surface area contributed by atoms with Gasteiger partial charge in [0.2, 0.25) is 0 Å². The van der Waals surface area contributed by atoms with E-state index >= 15 is 0 Å². The summed E-state index contributed by atoms with van der Waals surface area (Å²) < 4.78 is 5.78. The molecule has 0 aliphatic heterocycles. The molecule has 0 aromatic carbocycles. The lowest BCUT2D eigenvalue weighted by molar-refractivity contribution is -0.117. The van der Waals surface area contributed by atoms with Gasteiger partial charge in [0.15, 0.2) is 0 Å². The normalized spacial score (nSPS) is 10.8. The second-order valence-corrected chi connectivity index (χ2v) is 5.87. The summed E-state index contributed by atoms with van der Waals surface area (Å²) in [6.45, 7) is 4.92. The minimum atomic E-state index is -0.678. The molecule has 0 aliphatic carbocycles.